The van der Waals surface area contributed by atoms with Crippen LogP contribution in [0, 0.1) is 6.92 Å². The van der Waals surface area contributed by atoms with E-state index in [2.05, 4.69) is 30.5 Å². The molecule has 0 saturated heterocycles. The minimum atomic E-state index is -0.377. The summed E-state index contributed by atoms with van der Waals surface area (Å²) >= 11 is 7.83. The molecule has 0 radical (unpaired) electrons. The minimum Gasteiger partial charge on any atom is -0.343 e. The molecule has 0 aliphatic rings. The van der Waals surface area contributed by atoms with Gasteiger partial charge in [0.2, 0.25) is 0 Å². The van der Waals surface area contributed by atoms with Crippen LogP contribution in [0.3, 0.4) is 0 Å². The van der Waals surface area contributed by atoms with Crippen molar-refractivity contribution < 1.29 is 9.42 Å². The standard InChI is InChI=1S/C21H19ClN6O2S/c1-14-19(27-30-26-14)20(29)23-11-18-24-25-21(28(18)12-15-7-3-2-4-8-15)31-13-16-9-5-6-10-17(16)22/h2-10H,11-13H2,1H3,(H,23,29). The van der Waals surface area contributed by atoms with Gasteiger partial charge in [0.05, 0.1) is 13.1 Å². The molecule has 10 heteroatoms. The third-order valence-electron chi connectivity index (χ3n) is 4.57. The van der Waals surface area contributed by atoms with Gasteiger partial charge in [-0.3, -0.25) is 4.79 Å². The molecule has 4 rings (SSSR count). The molecule has 0 aliphatic carbocycles. The van der Waals surface area contributed by atoms with Crippen LogP contribution in [-0.4, -0.2) is 31.0 Å². The number of carbonyl (C=O) groups excluding carboxylic acids is 1. The number of amides is 1. The number of nitrogens with zero attached hydrogens (tertiary/aromatic N) is 5. The maximum atomic E-state index is 12.4. The number of aromatic nitrogens is 5. The van der Waals surface area contributed by atoms with Crippen LogP contribution >= 0.6 is 23.4 Å². The van der Waals surface area contributed by atoms with E-state index < -0.39 is 0 Å². The minimum absolute atomic E-state index is 0.155. The zero-order chi connectivity index (χ0) is 21.6. The van der Waals surface area contributed by atoms with Gasteiger partial charge in [0.1, 0.15) is 5.69 Å². The van der Waals surface area contributed by atoms with Crippen molar-refractivity contribution in [2.75, 3.05) is 0 Å². The first-order valence-corrected chi connectivity index (χ1v) is 10.9. The number of hydrogen-bond acceptors (Lipinski definition) is 7. The maximum Gasteiger partial charge on any atom is 0.275 e. The Kier molecular flexibility index (Phi) is 6.63. The summed E-state index contributed by atoms with van der Waals surface area (Å²) in [5.74, 6) is 0.911. The van der Waals surface area contributed by atoms with Gasteiger partial charge in [-0.25, -0.2) is 4.63 Å². The normalized spacial score (nSPS) is 10.9. The summed E-state index contributed by atoms with van der Waals surface area (Å²) < 4.78 is 6.59. The van der Waals surface area contributed by atoms with Gasteiger partial charge in [0.25, 0.3) is 5.91 Å². The predicted octanol–water partition coefficient (Wildman–Crippen LogP) is 3.89. The molecule has 2 aromatic heterocycles. The molecule has 2 aromatic carbocycles. The second-order valence-electron chi connectivity index (χ2n) is 6.73. The van der Waals surface area contributed by atoms with E-state index >= 15 is 0 Å². The van der Waals surface area contributed by atoms with Gasteiger partial charge in [-0.1, -0.05) is 77.1 Å². The van der Waals surface area contributed by atoms with Crippen molar-refractivity contribution in [3.63, 3.8) is 0 Å². The fourth-order valence-corrected chi connectivity index (χ4v) is 4.16. The Morgan fingerprint density at radius 3 is 2.61 bits per heavy atom. The molecule has 4 aromatic rings. The first-order chi connectivity index (χ1) is 15.1. The quantitative estimate of drug-likeness (QED) is 0.403. The summed E-state index contributed by atoms with van der Waals surface area (Å²) in [6.07, 6.45) is 0. The Hall–Kier alpha value is -3.17. The lowest BCUT2D eigenvalue weighted by Gasteiger charge is -2.11. The number of hydrogen-bond donors (Lipinski definition) is 1. The van der Waals surface area contributed by atoms with Crippen molar-refractivity contribution in [3.8, 4) is 0 Å². The molecule has 0 bridgehead atoms. The third-order valence-corrected chi connectivity index (χ3v) is 5.95. The number of thioether (sulfide) groups is 1. The van der Waals surface area contributed by atoms with Gasteiger partial charge < -0.3 is 9.88 Å². The van der Waals surface area contributed by atoms with Crippen LogP contribution in [0.15, 0.2) is 64.4 Å². The van der Waals surface area contributed by atoms with Crippen molar-refractivity contribution in [2.45, 2.75) is 30.9 Å². The third kappa shape index (κ3) is 5.12. The van der Waals surface area contributed by atoms with Crippen LogP contribution in [0.5, 0.6) is 0 Å². The van der Waals surface area contributed by atoms with E-state index in [0.717, 1.165) is 16.3 Å². The van der Waals surface area contributed by atoms with Crippen LogP contribution in [0.4, 0.5) is 0 Å². The molecular weight excluding hydrogens is 436 g/mol. The van der Waals surface area contributed by atoms with Crippen LogP contribution in [0.2, 0.25) is 5.02 Å². The van der Waals surface area contributed by atoms with Crippen LogP contribution in [0.1, 0.15) is 33.1 Å². The van der Waals surface area contributed by atoms with Crippen LogP contribution in [0.25, 0.3) is 0 Å². The van der Waals surface area contributed by atoms with Crippen molar-refractivity contribution in [1.29, 1.82) is 0 Å². The second-order valence-corrected chi connectivity index (χ2v) is 8.08. The molecule has 1 amide bonds. The van der Waals surface area contributed by atoms with Gasteiger partial charge in [-0.2, -0.15) is 0 Å². The number of rotatable bonds is 8. The van der Waals surface area contributed by atoms with Crippen molar-refractivity contribution in [2.24, 2.45) is 0 Å². The highest BCUT2D eigenvalue weighted by atomic mass is 35.5. The van der Waals surface area contributed by atoms with E-state index in [4.69, 9.17) is 11.6 Å². The summed E-state index contributed by atoms with van der Waals surface area (Å²) in [6, 6.07) is 17.7. The van der Waals surface area contributed by atoms with Gasteiger partial charge >= 0.3 is 0 Å². The Morgan fingerprint density at radius 1 is 1.10 bits per heavy atom. The summed E-state index contributed by atoms with van der Waals surface area (Å²) in [6.45, 7) is 2.43. The van der Waals surface area contributed by atoms with Crippen molar-refractivity contribution in [3.05, 3.63) is 88.0 Å². The largest absolute Gasteiger partial charge is 0.343 e. The number of nitrogens with one attached hydrogen (secondary N) is 1. The smallest absolute Gasteiger partial charge is 0.275 e. The Balaban J connectivity index is 1.53. The van der Waals surface area contributed by atoms with E-state index in [0.29, 0.717) is 28.8 Å². The highest BCUT2D eigenvalue weighted by Gasteiger charge is 2.18. The molecule has 1 N–H and O–H groups in total. The van der Waals surface area contributed by atoms with Gasteiger partial charge in [-0.15, -0.1) is 10.2 Å². The fraction of sp³-hybridized carbons (Fsp3) is 0.190. The number of carbonyl (C=O) groups is 1. The average Bonchev–Trinajstić information content (AvgIpc) is 3.38. The highest BCUT2D eigenvalue weighted by Crippen LogP contribution is 2.26. The number of aryl methyl sites for hydroxylation is 1. The maximum absolute atomic E-state index is 12.4. The lowest BCUT2D eigenvalue weighted by molar-refractivity contribution is 0.0939. The molecule has 0 spiro atoms. The molecule has 0 atom stereocenters. The fourth-order valence-electron chi connectivity index (χ4n) is 2.92. The molecule has 0 unspecified atom stereocenters. The Morgan fingerprint density at radius 2 is 1.87 bits per heavy atom. The summed E-state index contributed by atoms with van der Waals surface area (Å²) in [5.41, 5.74) is 2.71. The monoisotopic (exact) mass is 454 g/mol. The van der Waals surface area contributed by atoms with E-state index in [1.807, 2.05) is 59.2 Å². The van der Waals surface area contributed by atoms with Gasteiger partial charge in [0, 0.05) is 10.8 Å². The molecule has 31 heavy (non-hydrogen) atoms. The average molecular weight is 455 g/mol. The lowest BCUT2D eigenvalue weighted by atomic mass is 10.2. The first kappa shape index (κ1) is 21.1. The van der Waals surface area contributed by atoms with Crippen molar-refractivity contribution >= 4 is 29.3 Å². The summed E-state index contributed by atoms with van der Waals surface area (Å²) in [7, 11) is 0. The molecule has 0 aliphatic heterocycles. The zero-order valence-corrected chi connectivity index (χ0v) is 18.2. The molecule has 158 valence electrons. The molecule has 0 saturated carbocycles. The Labute approximate surface area is 188 Å². The summed E-state index contributed by atoms with van der Waals surface area (Å²) in [5, 5.41) is 20.2. The zero-order valence-electron chi connectivity index (χ0n) is 16.7. The van der Waals surface area contributed by atoms with Crippen LogP contribution in [-0.2, 0) is 18.8 Å². The van der Waals surface area contributed by atoms with E-state index in [1.54, 1.807) is 18.7 Å². The number of benzene rings is 2. The van der Waals surface area contributed by atoms with E-state index in [9.17, 15) is 4.79 Å². The molecular formula is C21H19ClN6O2S. The highest BCUT2D eigenvalue weighted by molar-refractivity contribution is 7.98. The van der Waals surface area contributed by atoms with Gasteiger partial charge in [0.15, 0.2) is 16.7 Å². The van der Waals surface area contributed by atoms with Crippen LogP contribution < -0.4 is 5.32 Å². The SMILES string of the molecule is Cc1nonc1C(=O)NCc1nnc(SCc2ccccc2Cl)n1Cc1ccccc1. The summed E-state index contributed by atoms with van der Waals surface area (Å²) in [4.78, 5) is 12.4. The topological polar surface area (TPSA) is 98.7 Å². The Bertz CT molecular complexity index is 1180. The molecule has 0 fully saturated rings. The first-order valence-electron chi connectivity index (χ1n) is 9.51. The predicted molar refractivity (Wildman–Crippen MR) is 117 cm³/mol. The molecule has 2 heterocycles. The van der Waals surface area contributed by atoms with E-state index in [-0.39, 0.29) is 18.1 Å². The van der Waals surface area contributed by atoms with E-state index in [1.165, 1.54) is 0 Å². The van der Waals surface area contributed by atoms with Crippen molar-refractivity contribution in [1.82, 2.24) is 30.4 Å². The molecule has 8 nitrogen and oxygen atoms in total. The van der Waals surface area contributed by atoms with Gasteiger partial charge in [-0.05, 0) is 29.3 Å². The lowest BCUT2D eigenvalue weighted by Crippen LogP contribution is -2.26. The number of halogens is 1. The second kappa shape index (κ2) is 9.76.